The van der Waals surface area contributed by atoms with Crippen molar-refractivity contribution in [2.24, 2.45) is 0 Å². The van der Waals surface area contributed by atoms with Gasteiger partial charge in [0, 0.05) is 6.54 Å². The van der Waals surface area contributed by atoms with Gasteiger partial charge in [0.05, 0.1) is 11.9 Å². The molecule has 1 aromatic heterocycles. The summed E-state index contributed by atoms with van der Waals surface area (Å²) in [5.74, 6) is -0.219. The second-order valence-corrected chi connectivity index (χ2v) is 3.85. The number of nitrogens with one attached hydrogen (secondary N) is 1. The van der Waals surface area contributed by atoms with Gasteiger partial charge in [-0.2, -0.15) is 5.26 Å². The zero-order valence-electron chi connectivity index (χ0n) is 9.73. The number of pyridine rings is 1. The van der Waals surface area contributed by atoms with E-state index in [2.05, 4.69) is 10.3 Å². The third-order valence-electron chi connectivity index (χ3n) is 2.53. The average molecular weight is 241 g/mol. The lowest BCUT2D eigenvalue weighted by Crippen LogP contribution is -2.05. The molecule has 4 heteroatoms. The van der Waals surface area contributed by atoms with Crippen LogP contribution in [0.3, 0.4) is 0 Å². The van der Waals surface area contributed by atoms with E-state index >= 15 is 0 Å². The van der Waals surface area contributed by atoms with Crippen LogP contribution >= 0.6 is 0 Å². The molecule has 2 rings (SSSR count). The highest BCUT2D eigenvalue weighted by Crippen LogP contribution is 2.07. The van der Waals surface area contributed by atoms with E-state index < -0.39 is 0 Å². The van der Waals surface area contributed by atoms with Crippen molar-refractivity contribution < 1.29 is 4.39 Å². The molecule has 1 aromatic carbocycles. The smallest absolute Gasteiger partial charge is 0.140 e. The highest BCUT2D eigenvalue weighted by molar-refractivity contribution is 5.42. The second-order valence-electron chi connectivity index (χ2n) is 3.85. The van der Waals surface area contributed by atoms with Crippen LogP contribution in [0.2, 0.25) is 0 Å². The maximum Gasteiger partial charge on any atom is 0.140 e. The minimum atomic E-state index is -0.219. The van der Waals surface area contributed by atoms with Crippen molar-refractivity contribution >= 4 is 5.69 Å². The van der Waals surface area contributed by atoms with Crippen LogP contribution in [0.1, 0.15) is 11.3 Å². The molecule has 0 bridgehead atoms. The molecule has 0 aliphatic heterocycles. The summed E-state index contributed by atoms with van der Waals surface area (Å²) in [6.07, 6.45) is 2.43. The van der Waals surface area contributed by atoms with E-state index in [1.165, 1.54) is 12.1 Å². The largest absolute Gasteiger partial charge is 0.383 e. The fourth-order valence-electron chi connectivity index (χ4n) is 1.57. The number of anilines is 1. The van der Waals surface area contributed by atoms with Crippen LogP contribution in [0, 0.1) is 17.1 Å². The van der Waals surface area contributed by atoms with Crippen LogP contribution in [-0.4, -0.2) is 11.5 Å². The molecule has 18 heavy (non-hydrogen) atoms. The number of hydrogen-bond acceptors (Lipinski definition) is 3. The van der Waals surface area contributed by atoms with Gasteiger partial charge in [-0.25, -0.2) is 9.37 Å². The van der Waals surface area contributed by atoms with Gasteiger partial charge in [0.2, 0.25) is 0 Å². The summed E-state index contributed by atoms with van der Waals surface area (Å²) in [4.78, 5) is 3.96. The van der Waals surface area contributed by atoms with Crippen molar-refractivity contribution in [3.05, 3.63) is 59.7 Å². The standard InChI is InChI=1S/C14H12FN3/c15-12-3-1-11(2-4-12)7-8-17-14-6-5-13(9-16)18-10-14/h1-6,10,17H,7-8H2. The highest BCUT2D eigenvalue weighted by Gasteiger charge is 1.96. The molecule has 0 radical (unpaired) electrons. The minimum Gasteiger partial charge on any atom is -0.383 e. The molecule has 0 atom stereocenters. The molecule has 0 amide bonds. The SMILES string of the molecule is N#Cc1ccc(NCCc2ccc(F)cc2)cn1. The Morgan fingerprint density at radius 1 is 1.17 bits per heavy atom. The number of rotatable bonds is 4. The quantitative estimate of drug-likeness (QED) is 0.895. The van der Waals surface area contributed by atoms with E-state index in [1.807, 2.05) is 12.1 Å². The Morgan fingerprint density at radius 3 is 2.56 bits per heavy atom. The summed E-state index contributed by atoms with van der Waals surface area (Å²) in [6, 6.07) is 11.9. The van der Waals surface area contributed by atoms with Gasteiger partial charge >= 0.3 is 0 Å². The van der Waals surface area contributed by atoms with Crippen LogP contribution in [0.5, 0.6) is 0 Å². The number of halogens is 1. The monoisotopic (exact) mass is 241 g/mol. The fourth-order valence-corrected chi connectivity index (χ4v) is 1.57. The molecule has 0 saturated heterocycles. The molecular weight excluding hydrogens is 229 g/mol. The van der Waals surface area contributed by atoms with E-state index in [1.54, 1.807) is 24.4 Å². The molecular formula is C14H12FN3. The van der Waals surface area contributed by atoms with Crippen LogP contribution < -0.4 is 5.32 Å². The second kappa shape index (κ2) is 5.78. The van der Waals surface area contributed by atoms with E-state index in [0.717, 1.165) is 24.2 Å². The molecule has 0 aliphatic rings. The lowest BCUT2D eigenvalue weighted by Gasteiger charge is -2.05. The predicted molar refractivity (Wildman–Crippen MR) is 67.5 cm³/mol. The van der Waals surface area contributed by atoms with Crippen molar-refractivity contribution in [3.8, 4) is 6.07 Å². The Hall–Kier alpha value is -2.41. The molecule has 1 heterocycles. The van der Waals surface area contributed by atoms with Crippen molar-refractivity contribution in [1.82, 2.24) is 4.98 Å². The van der Waals surface area contributed by atoms with Gasteiger partial charge in [0.25, 0.3) is 0 Å². The fraction of sp³-hybridized carbons (Fsp3) is 0.143. The lowest BCUT2D eigenvalue weighted by molar-refractivity contribution is 0.627. The first-order valence-corrected chi connectivity index (χ1v) is 5.62. The van der Waals surface area contributed by atoms with Crippen LogP contribution in [0.25, 0.3) is 0 Å². The van der Waals surface area contributed by atoms with Gasteiger partial charge in [0.15, 0.2) is 0 Å². The molecule has 0 spiro atoms. The minimum absolute atomic E-state index is 0.219. The van der Waals surface area contributed by atoms with E-state index in [4.69, 9.17) is 5.26 Å². The summed E-state index contributed by atoms with van der Waals surface area (Å²) >= 11 is 0. The van der Waals surface area contributed by atoms with Gasteiger partial charge in [-0.05, 0) is 36.2 Å². The Bertz CT molecular complexity index is 541. The summed E-state index contributed by atoms with van der Waals surface area (Å²) in [7, 11) is 0. The van der Waals surface area contributed by atoms with Crippen LogP contribution in [-0.2, 0) is 6.42 Å². The number of aromatic nitrogens is 1. The zero-order chi connectivity index (χ0) is 12.8. The normalized spacial score (nSPS) is 9.78. The Morgan fingerprint density at radius 2 is 1.94 bits per heavy atom. The molecule has 0 aliphatic carbocycles. The molecule has 0 fully saturated rings. The molecule has 3 nitrogen and oxygen atoms in total. The van der Waals surface area contributed by atoms with Crippen molar-refractivity contribution in [2.75, 3.05) is 11.9 Å². The van der Waals surface area contributed by atoms with Crippen molar-refractivity contribution in [3.63, 3.8) is 0 Å². The third kappa shape index (κ3) is 3.29. The summed E-state index contributed by atoms with van der Waals surface area (Å²) < 4.78 is 12.7. The van der Waals surface area contributed by atoms with Crippen LogP contribution in [0.4, 0.5) is 10.1 Å². The molecule has 1 N–H and O–H groups in total. The molecule has 0 saturated carbocycles. The van der Waals surface area contributed by atoms with E-state index in [9.17, 15) is 4.39 Å². The maximum atomic E-state index is 12.7. The van der Waals surface area contributed by atoms with Crippen molar-refractivity contribution in [2.45, 2.75) is 6.42 Å². The van der Waals surface area contributed by atoms with Gasteiger partial charge in [0.1, 0.15) is 17.6 Å². The number of benzene rings is 1. The first-order valence-electron chi connectivity index (χ1n) is 5.62. The third-order valence-corrected chi connectivity index (χ3v) is 2.53. The maximum absolute atomic E-state index is 12.7. The number of nitriles is 1. The van der Waals surface area contributed by atoms with Gasteiger partial charge < -0.3 is 5.32 Å². The van der Waals surface area contributed by atoms with Gasteiger partial charge in [-0.1, -0.05) is 12.1 Å². The first-order chi connectivity index (χ1) is 8.78. The summed E-state index contributed by atoms with van der Waals surface area (Å²) in [5, 5.41) is 11.8. The van der Waals surface area contributed by atoms with E-state index in [-0.39, 0.29) is 5.82 Å². The topological polar surface area (TPSA) is 48.7 Å². The van der Waals surface area contributed by atoms with E-state index in [0.29, 0.717) is 5.69 Å². The number of hydrogen-bond donors (Lipinski definition) is 1. The summed E-state index contributed by atoms with van der Waals surface area (Å²) in [6.45, 7) is 0.735. The average Bonchev–Trinajstić information content (AvgIpc) is 2.42. The zero-order valence-corrected chi connectivity index (χ0v) is 9.73. The molecule has 2 aromatic rings. The highest BCUT2D eigenvalue weighted by atomic mass is 19.1. The number of nitrogens with zero attached hydrogens (tertiary/aromatic N) is 2. The summed E-state index contributed by atoms with van der Waals surface area (Å²) in [5.41, 5.74) is 2.35. The van der Waals surface area contributed by atoms with Crippen molar-refractivity contribution in [1.29, 1.82) is 5.26 Å². The lowest BCUT2D eigenvalue weighted by atomic mass is 10.1. The van der Waals surface area contributed by atoms with Gasteiger partial charge in [-0.15, -0.1) is 0 Å². The predicted octanol–water partition coefficient (Wildman–Crippen LogP) is 2.75. The first kappa shape index (κ1) is 12.1. The molecule has 0 unspecified atom stereocenters. The Labute approximate surface area is 105 Å². The Balaban J connectivity index is 1.84. The Kier molecular flexibility index (Phi) is 3.87. The molecule has 90 valence electrons. The van der Waals surface area contributed by atoms with Gasteiger partial charge in [-0.3, -0.25) is 0 Å². The van der Waals surface area contributed by atoms with Crippen LogP contribution in [0.15, 0.2) is 42.6 Å².